The summed E-state index contributed by atoms with van der Waals surface area (Å²) in [5.74, 6) is -3.23. The lowest BCUT2D eigenvalue weighted by molar-refractivity contribution is 0.208. The SMILES string of the molecule is Cc1cc(C(O)c2c(F)cc(F)cc2F)ccc1Br. The highest BCUT2D eigenvalue weighted by Crippen LogP contribution is 2.29. The zero-order valence-corrected chi connectivity index (χ0v) is 11.5. The van der Waals surface area contributed by atoms with E-state index in [-0.39, 0.29) is 0 Å². The summed E-state index contributed by atoms with van der Waals surface area (Å²) in [6.45, 7) is 1.79. The van der Waals surface area contributed by atoms with Crippen LogP contribution in [0.4, 0.5) is 13.2 Å². The largest absolute Gasteiger partial charge is 0.383 e. The fourth-order valence-corrected chi connectivity index (χ4v) is 2.07. The van der Waals surface area contributed by atoms with Gasteiger partial charge >= 0.3 is 0 Å². The van der Waals surface area contributed by atoms with Crippen molar-refractivity contribution in [2.75, 3.05) is 0 Å². The molecule has 0 heterocycles. The third kappa shape index (κ3) is 2.82. The van der Waals surface area contributed by atoms with E-state index in [1.165, 1.54) is 0 Å². The van der Waals surface area contributed by atoms with Crippen LogP contribution in [0.2, 0.25) is 0 Å². The van der Waals surface area contributed by atoms with Gasteiger partial charge in [-0.05, 0) is 24.1 Å². The molecule has 0 saturated carbocycles. The number of aryl methyl sites for hydroxylation is 1. The fraction of sp³-hybridized carbons (Fsp3) is 0.143. The number of benzene rings is 2. The van der Waals surface area contributed by atoms with Gasteiger partial charge in [-0.15, -0.1) is 0 Å². The van der Waals surface area contributed by atoms with Gasteiger partial charge in [0.2, 0.25) is 0 Å². The number of hydrogen-bond acceptors (Lipinski definition) is 1. The third-order valence-electron chi connectivity index (χ3n) is 2.82. The fourth-order valence-electron chi connectivity index (χ4n) is 1.82. The van der Waals surface area contributed by atoms with Crippen molar-refractivity contribution in [1.82, 2.24) is 0 Å². The molecule has 0 bridgehead atoms. The zero-order valence-electron chi connectivity index (χ0n) is 9.92. The molecule has 2 aromatic rings. The Hall–Kier alpha value is -1.33. The average molecular weight is 331 g/mol. The first kappa shape index (κ1) is 14.1. The maximum atomic E-state index is 13.6. The Labute approximate surface area is 116 Å². The van der Waals surface area contributed by atoms with Crippen LogP contribution in [-0.4, -0.2) is 5.11 Å². The first-order valence-corrected chi connectivity index (χ1v) is 6.28. The van der Waals surface area contributed by atoms with E-state index >= 15 is 0 Å². The van der Waals surface area contributed by atoms with E-state index in [0.29, 0.717) is 17.7 Å². The summed E-state index contributed by atoms with van der Waals surface area (Å²) in [5, 5.41) is 10.0. The third-order valence-corrected chi connectivity index (χ3v) is 3.70. The van der Waals surface area contributed by atoms with Crippen LogP contribution < -0.4 is 0 Å². The van der Waals surface area contributed by atoms with Gasteiger partial charge < -0.3 is 5.11 Å². The van der Waals surface area contributed by atoms with Gasteiger partial charge in [0.15, 0.2) is 0 Å². The maximum Gasteiger partial charge on any atom is 0.135 e. The highest BCUT2D eigenvalue weighted by Gasteiger charge is 2.21. The van der Waals surface area contributed by atoms with Gasteiger partial charge in [-0.1, -0.05) is 28.1 Å². The second-order valence-electron chi connectivity index (χ2n) is 4.19. The van der Waals surface area contributed by atoms with Crippen LogP contribution in [0.3, 0.4) is 0 Å². The lowest BCUT2D eigenvalue weighted by atomic mass is 9.99. The summed E-state index contributed by atoms with van der Waals surface area (Å²) >= 11 is 3.29. The van der Waals surface area contributed by atoms with Gasteiger partial charge in [0.25, 0.3) is 0 Å². The monoisotopic (exact) mass is 330 g/mol. The van der Waals surface area contributed by atoms with E-state index in [9.17, 15) is 18.3 Å². The molecular formula is C14H10BrF3O. The molecule has 1 N–H and O–H groups in total. The van der Waals surface area contributed by atoms with Crippen LogP contribution in [0.25, 0.3) is 0 Å². The molecule has 0 aliphatic rings. The minimum atomic E-state index is -1.48. The van der Waals surface area contributed by atoms with Gasteiger partial charge in [-0.3, -0.25) is 0 Å². The molecule has 0 spiro atoms. The number of rotatable bonds is 2. The van der Waals surface area contributed by atoms with Crippen molar-refractivity contribution >= 4 is 15.9 Å². The molecule has 1 nitrogen and oxygen atoms in total. The minimum absolute atomic E-state index is 0.338. The molecule has 1 atom stereocenters. The molecular weight excluding hydrogens is 321 g/mol. The van der Waals surface area contributed by atoms with E-state index < -0.39 is 29.1 Å². The van der Waals surface area contributed by atoms with Crippen molar-refractivity contribution in [2.24, 2.45) is 0 Å². The zero-order chi connectivity index (χ0) is 14.2. The van der Waals surface area contributed by atoms with Crippen molar-refractivity contribution in [3.05, 3.63) is 68.9 Å². The van der Waals surface area contributed by atoms with Gasteiger partial charge in [0.1, 0.15) is 23.6 Å². The summed E-state index contributed by atoms with van der Waals surface area (Å²) in [4.78, 5) is 0. The summed E-state index contributed by atoms with van der Waals surface area (Å²) in [6, 6.07) is 5.93. The molecule has 0 saturated heterocycles. The summed E-state index contributed by atoms with van der Waals surface area (Å²) < 4.78 is 40.8. The van der Waals surface area contributed by atoms with Crippen LogP contribution in [0.1, 0.15) is 22.8 Å². The normalized spacial score (nSPS) is 12.5. The minimum Gasteiger partial charge on any atom is -0.383 e. The summed E-state index contributed by atoms with van der Waals surface area (Å²) in [5.41, 5.74) is 0.604. The first-order chi connectivity index (χ1) is 8.90. The van der Waals surface area contributed by atoms with Crippen molar-refractivity contribution in [3.63, 3.8) is 0 Å². The lowest BCUT2D eigenvalue weighted by Crippen LogP contribution is -2.07. The average Bonchev–Trinajstić information content (AvgIpc) is 2.31. The van der Waals surface area contributed by atoms with Crippen molar-refractivity contribution in [1.29, 1.82) is 0 Å². The lowest BCUT2D eigenvalue weighted by Gasteiger charge is -2.14. The van der Waals surface area contributed by atoms with E-state index in [1.807, 2.05) is 0 Å². The molecule has 0 aliphatic heterocycles. The molecule has 5 heteroatoms. The number of halogens is 4. The second kappa shape index (κ2) is 5.35. The van der Waals surface area contributed by atoms with Crippen LogP contribution >= 0.6 is 15.9 Å². The molecule has 1 unspecified atom stereocenters. The molecule has 0 aromatic heterocycles. The number of hydrogen-bond donors (Lipinski definition) is 1. The number of aliphatic hydroxyl groups is 1. The molecule has 0 aliphatic carbocycles. The number of aliphatic hydroxyl groups excluding tert-OH is 1. The van der Waals surface area contributed by atoms with Crippen molar-refractivity contribution < 1.29 is 18.3 Å². The summed E-state index contributed by atoms with van der Waals surface area (Å²) in [6.07, 6.45) is -1.48. The highest BCUT2D eigenvalue weighted by molar-refractivity contribution is 9.10. The van der Waals surface area contributed by atoms with E-state index in [0.717, 1.165) is 10.0 Å². The smallest absolute Gasteiger partial charge is 0.135 e. The first-order valence-electron chi connectivity index (χ1n) is 5.48. The van der Waals surface area contributed by atoms with Crippen molar-refractivity contribution in [2.45, 2.75) is 13.0 Å². The Morgan fingerprint density at radius 1 is 1.05 bits per heavy atom. The van der Waals surface area contributed by atoms with Crippen LogP contribution in [0, 0.1) is 24.4 Å². The highest BCUT2D eigenvalue weighted by atomic mass is 79.9. The Morgan fingerprint density at radius 2 is 1.63 bits per heavy atom. The maximum absolute atomic E-state index is 13.6. The topological polar surface area (TPSA) is 20.2 Å². The molecule has 0 radical (unpaired) electrons. The predicted octanol–water partition coefficient (Wildman–Crippen LogP) is 4.26. The van der Waals surface area contributed by atoms with Gasteiger partial charge in [0.05, 0.1) is 5.56 Å². The Morgan fingerprint density at radius 3 is 2.16 bits per heavy atom. The van der Waals surface area contributed by atoms with Gasteiger partial charge in [-0.25, -0.2) is 13.2 Å². The van der Waals surface area contributed by atoms with E-state index in [1.54, 1.807) is 25.1 Å². The Balaban J connectivity index is 2.49. The summed E-state index contributed by atoms with van der Waals surface area (Å²) in [7, 11) is 0. The van der Waals surface area contributed by atoms with Gasteiger partial charge in [0, 0.05) is 16.6 Å². The quantitative estimate of drug-likeness (QED) is 0.872. The standard InChI is InChI=1S/C14H10BrF3O/c1-7-4-8(2-3-10(7)15)14(19)13-11(17)5-9(16)6-12(13)18/h2-6,14,19H,1H3. The molecule has 0 amide bonds. The van der Waals surface area contributed by atoms with Crippen molar-refractivity contribution in [3.8, 4) is 0 Å². The molecule has 2 rings (SSSR count). The second-order valence-corrected chi connectivity index (χ2v) is 5.05. The Bertz CT molecular complexity index is 605. The Kier molecular flexibility index (Phi) is 3.96. The van der Waals surface area contributed by atoms with E-state index in [4.69, 9.17) is 0 Å². The molecule has 0 fully saturated rings. The van der Waals surface area contributed by atoms with Gasteiger partial charge in [-0.2, -0.15) is 0 Å². The molecule has 100 valence electrons. The van der Waals surface area contributed by atoms with Crippen LogP contribution in [-0.2, 0) is 0 Å². The van der Waals surface area contributed by atoms with E-state index in [2.05, 4.69) is 15.9 Å². The van der Waals surface area contributed by atoms with Crippen LogP contribution in [0.5, 0.6) is 0 Å². The molecule has 19 heavy (non-hydrogen) atoms. The predicted molar refractivity (Wildman–Crippen MR) is 69.3 cm³/mol. The molecule has 2 aromatic carbocycles. The van der Waals surface area contributed by atoms with Crippen LogP contribution in [0.15, 0.2) is 34.8 Å².